The predicted molar refractivity (Wildman–Crippen MR) is 98.3 cm³/mol. The van der Waals surface area contributed by atoms with Gasteiger partial charge in [0.05, 0.1) is 17.4 Å². The van der Waals surface area contributed by atoms with Gasteiger partial charge < -0.3 is 10.1 Å². The zero-order chi connectivity index (χ0) is 18.4. The van der Waals surface area contributed by atoms with Crippen LogP contribution < -0.4 is 5.32 Å². The third-order valence-electron chi connectivity index (χ3n) is 4.03. The Morgan fingerprint density at radius 1 is 1.46 bits per heavy atom. The minimum atomic E-state index is -0.365. The Labute approximate surface area is 155 Å². The van der Waals surface area contributed by atoms with Gasteiger partial charge in [0.1, 0.15) is 5.82 Å². The summed E-state index contributed by atoms with van der Waals surface area (Å²) in [5.74, 6) is 0.173. The van der Waals surface area contributed by atoms with E-state index in [9.17, 15) is 9.18 Å². The van der Waals surface area contributed by atoms with Crippen molar-refractivity contribution < 1.29 is 13.9 Å². The maximum atomic E-state index is 14.1. The molecule has 1 aromatic carbocycles. The standard InChI is InChI=1S/C18H21FN4O2S/c1-2-9-23-17(14-7-3-4-8-15(14)19)21-22-18(23)26-12-16(24)20-11-13-6-5-10-25-13/h2-4,7-8,13H,1,5-6,9-12H2,(H,20,24). The summed E-state index contributed by atoms with van der Waals surface area (Å²) in [6.07, 6.45) is 3.82. The van der Waals surface area contributed by atoms with Crippen molar-refractivity contribution in [2.75, 3.05) is 18.9 Å². The molecular formula is C18H21FN4O2S. The second-order valence-electron chi connectivity index (χ2n) is 5.91. The summed E-state index contributed by atoms with van der Waals surface area (Å²) in [6.45, 7) is 5.45. The Morgan fingerprint density at radius 2 is 2.31 bits per heavy atom. The van der Waals surface area contributed by atoms with Gasteiger partial charge in [-0.2, -0.15) is 0 Å². The molecule has 2 heterocycles. The minimum absolute atomic E-state index is 0.0916. The van der Waals surface area contributed by atoms with E-state index < -0.39 is 0 Å². The number of halogens is 1. The second kappa shape index (κ2) is 8.95. The first-order valence-electron chi connectivity index (χ1n) is 8.49. The zero-order valence-corrected chi connectivity index (χ0v) is 15.2. The van der Waals surface area contributed by atoms with Gasteiger partial charge in [0, 0.05) is 19.7 Å². The Balaban J connectivity index is 1.65. The summed E-state index contributed by atoms with van der Waals surface area (Å²) in [4.78, 5) is 12.0. The van der Waals surface area contributed by atoms with E-state index in [2.05, 4.69) is 22.1 Å². The summed E-state index contributed by atoms with van der Waals surface area (Å²) in [5.41, 5.74) is 0.372. The van der Waals surface area contributed by atoms with Gasteiger partial charge in [-0.1, -0.05) is 30.0 Å². The number of allylic oxidation sites excluding steroid dienone is 1. The molecule has 3 rings (SSSR count). The van der Waals surface area contributed by atoms with Gasteiger partial charge in [-0.3, -0.25) is 9.36 Å². The average molecular weight is 376 g/mol. The molecule has 26 heavy (non-hydrogen) atoms. The average Bonchev–Trinajstić information content (AvgIpc) is 3.29. The molecule has 1 atom stereocenters. The zero-order valence-electron chi connectivity index (χ0n) is 14.4. The maximum absolute atomic E-state index is 14.1. The van der Waals surface area contributed by atoms with E-state index in [-0.39, 0.29) is 23.6 Å². The van der Waals surface area contributed by atoms with Gasteiger partial charge in [-0.15, -0.1) is 16.8 Å². The molecule has 1 aromatic heterocycles. The SMILES string of the molecule is C=CCn1c(SCC(=O)NCC2CCCO2)nnc1-c1ccccc1F. The molecular weight excluding hydrogens is 355 g/mol. The number of amides is 1. The predicted octanol–water partition coefficient (Wildman–Crippen LogP) is 2.66. The molecule has 1 N–H and O–H groups in total. The lowest BCUT2D eigenvalue weighted by Crippen LogP contribution is -2.32. The first kappa shape index (κ1) is 18.6. The highest BCUT2D eigenvalue weighted by Gasteiger charge is 2.19. The lowest BCUT2D eigenvalue weighted by molar-refractivity contribution is -0.119. The fourth-order valence-electron chi connectivity index (χ4n) is 2.75. The summed E-state index contributed by atoms with van der Waals surface area (Å²) in [6, 6.07) is 6.41. The molecule has 0 radical (unpaired) electrons. The summed E-state index contributed by atoms with van der Waals surface area (Å²) in [5, 5.41) is 11.6. The van der Waals surface area contributed by atoms with Crippen molar-refractivity contribution in [2.24, 2.45) is 0 Å². The molecule has 1 fully saturated rings. The number of hydrogen-bond acceptors (Lipinski definition) is 5. The molecule has 0 saturated carbocycles. The third kappa shape index (κ3) is 4.50. The normalized spacial score (nSPS) is 16.6. The third-order valence-corrected chi connectivity index (χ3v) is 4.99. The van der Waals surface area contributed by atoms with Crippen molar-refractivity contribution in [3.05, 3.63) is 42.7 Å². The minimum Gasteiger partial charge on any atom is -0.376 e. The van der Waals surface area contributed by atoms with Crippen molar-refractivity contribution in [3.8, 4) is 11.4 Å². The van der Waals surface area contributed by atoms with Gasteiger partial charge >= 0.3 is 0 Å². The molecule has 1 saturated heterocycles. The number of aromatic nitrogens is 3. The van der Waals surface area contributed by atoms with Gasteiger partial charge in [-0.05, 0) is 25.0 Å². The lowest BCUT2D eigenvalue weighted by Gasteiger charge is -2.11. The molecule has 1 amide bonds. The van der Waals surface area contributed by atoms with Crippen LogP contribution >= 0.6 is 11.8 Å². The van der Waals surface area contributed by atoms with Gasteiger partial charge in [0.15, 0.2) is 11.0 Å². The topological polar surface area (TPSA) is 69.0 Å². The fourth-order valence-corrected chi connectivity index (χ4v) is 3.52. The van der Waals surface area contributed by atoms with Crippen molar-refractivity contribution >= 4 is 17.7 Å². The molecule has 0 spiro atoms. The van der Waals surface area contributed by atoms with E-state index in [0.29, 0.717) is 29.6 Å². The maximum Gasteiger partial charge on any atom is 0.230 e. The summed E-state index contributed by atoms with van der Waals surface area (Å²) >= 11 is 1.27. The number of thioether (sulfide) groups is 1. The van der Waals surface area contributed by atoms with Crippen LogP contribution in [-0.2, 0) is 16.1 Å². The number of hydrogen-bond donors (Lipinski definition) is 1. The van der Waals surface area contributed by atoms with Crippen LogP contribution in [0.15, 0.2) is 42.1 Å². The number of nitrogens with zero attached hydrogens (tertiary/aromatic N) is 3. The Bertz CT molecular complexity index is 774. The first-order valence-corrected chi connectivity index (χ1v) is 9.47. The number of ether oxygens (including phenoxy) is 1. The smallest absolute Gasteiger partial charge is 0.230 e. The highest BCUT2D eigenvalue weighted by Crippen LogP contribution is 2.25. The van der Waals surface area contributed by atoms with E-state index in [4.69, 9.17) is 4.74 Å². The number of rotatable bonds is 8. The summed E-state index contributed by atoms with van der Waals surface area (Å²) < 4.78 is 21.3. The van der Waals surface area contributed by atoms with Crippen molar-refractivity contribution in [2.45, 2.75) is 30.6 Å². The van der Waals surface area contributed by atoms with Crippen LogP contribution in [0.3, 0.4) is 0 Å². The molecule has 1 aliphatic heterocycles. The quantitative estimate of drug-likeness (QED) is 0.567. The molecule has 8 heteroatoms. The summed E-state index contributed by atoms with van der Waals surface area (Å²) in [7, 11) is 0. The van der Waals surface area contributed by atoms with E-state index in [0.717, 1.165) is 19.4 Å². The fraction of sp³-hybridized carbons (Fsp3) is 0.389. The Hall–Kier alpha value is -2.19. The van der Waals surface area contributed by atoms with Crippen LogP contribution in [0.4, 0.5) is 4.39 Å². The van der Waals surface area contributed by atoms with Gasteiger partial charge in [0.25, 0.3) is 0 Å². The second-order valence-corrected chi connectivity index (χ2v) is 6.86. The monoisotopic (exact) mass is 376 g/mol. The number of nitrogens with one attached hydrogen (secondary N) is 1. The van der Waals surface area contributed by atoms with Crippen LogP contribution in [0.1, 0.15) is 12.8 Å². The molecule has 2 aromatic rings. The van der Waals surface area contributed by atoms with Crippen LogP contribution in [-0.4, -0.2) is 45.7 Å². The van der Waals surface area contributed by atoms with Crippen LogP contribution in [0.2, 0.25) is 0 Å². The van der Waals surface area contributed by atoms with Crippen molar-refractivity contribution in [3.63, 3.8) is 0 Å². The lowest BCUT2D eigenvalue weighted by atomic mass is 10.2. The van der Waals surface area contributed by atoms with E-state index in [1.54, 1.807) is 28.8 Å². The van der Waals surface area contributed by atoms with Gasteiger partial charge in [-0.25, -0.2) is 4.39 Å². The first-order chi connectivity index (χ1) is 12.7. The number of carbonyl (C=O) groups excluding carboxylic acids is 1. The van der Waals surface area contributed by atoms with E-state index >= 15 is 0 Å². The highest BCUT2D eigenvalue weighted by molar-refractivity contribution is 7.99. The van der Waals surface area contributed by atoms with E-state index in [1.807, 2.05) is 0 Å². The van der Waals surface area contributed by atoms with Crippen LogP contribution in [0.25, 0.3) is 11.4 Å². The molecule has 1 unspecified atom stereocenters. The molecule has 1 aliphatic rings. The van der Waals surface area contributed by atoms with Crippen molar-refractivity contribution in [1.29, 1.82) is 0 Å². The molecule has 138 valence electrons. The largest absolute Gasteiger partial charge is 0.376 e. The number of benzene rings is 1. The van der Waals surface area contributed by atoms with Crippen LogP contribution in [0, 0.1) is 5.82 Å². The van der Waals surface area contributed by atoms with Gasteiger partial charge in [0.2, 0.25) is 5.91 Å². The Morgan fingerprint density at radius 3 is 3.04 bits per heavy atom. The molecule has 0 aliphatic carbocycles. The van der Waals surface area contributed by atoms with E-state index in [1.165, 1.54) is 17.8 Å². The molecule has 0 bridgehead atoms. The highest BCUT2D eigenvalue weighted by atomic mass is 32.2. The van der Waals surface area contributed by atoms with Crippen LogP contribution in [0.5, 0.6) is 0 Å². The van der Waals surface area contributed by atoms with Crippen molar-refractivity contribution in [1.82, 2.24) is 20.1 Å². The number of carbonyl (C=O) groups is 1. The Kier molecular flexibility index (Phi) is 6.40. The molecule has 6 nitrogen and oxygen atoms in total.